The molecule has 0 heterocycles. The molecule has 2 rings (SSSR count). The normalized spacial score (nSPS) is 10.0. The number of aryl methyl sites for hydroxylation is 2. The van der Waals surface area contributed by atoms with Crippen molar-refractivity contribution < 1.29 is 14.7 Å². The first kappa shape index (κ1) is 14.6. The molecule has 0 aliphatic carbocycles. The topological polar surface area (TPSA) is 78.4 Å². The lowest BCUT2D eigenvalue weighted by atomic mass is 10.2. The van der Waals surface area contributed by atoms with E-state index in [0.29, 0.717) is 5.69 Å². The van der Waals surface area contributed by atoms with Gasteiger partial charge < -0.3 is 15.7 Å². The van der Waals surface area contributed by atoms with Gasteiger partial charge in [0.05, 0.1) is 5.69 Å². The summed E-state index contributed by atoms with van der Waals surface area (Å²) in [6.45, 7) is 3.74. The smallest absolute Gasteiger partial charge is 0.314 e. The second-order valence-corrected chi connectivity index (χ2v) is 4.79. The number of aromatic hydroxyl groups is 1. The van der Waals surface area contributed by atoms with E-state index in [9.17, 15) is 14.7 Å². The molecule has 0 aromatic heterocycles. The SMILES string of the molecule is Cc1ccc(NC(=O)C(=O)Nc2ccc(C)cc2O)cc1. The Hall–Kier alpha value is -2.82. The van der Waals surface area contributed by atoms with E-state index in [-0.39, 0.29) is 11.4 Å². The Morgan fingerprint density at radius 3 is 2.05 bits per heavy atom. The average Bonchev–Trinajstić information content (AvgIpc) is 2.44. The van der Waals surface area contributed by atoms with Gasteiger partial charge in [-0.05, 0) is 43.7 Å². The highest BCUT2D eigenvalue weighted by Crippen LogP contribution is 2.23. The molecule has 0 radical (unpaired) electrons. The molecular weight excluding hydrogens is 268 g/mol. The van der Waals surface area contributed by atoms with Crippen molar-refractivity contribution in [1.29, 1.82) is 0 Å². The fourth-order valence-corrected chi connectivity index (χ4v) is 1.75. The van der Waals surface area contributed by atoms with Crippen LogP contribution in [-0.2, 0) is 9.59 Å². The van der Waals surface area contributed by atoms with Crippen molar-refractivity contribution in [3.8, 4) is 5.75 Å². The van der Waals surface area contributed by atoms with Gasteiger partial charge >= 0.3 is 11.8 Å². The molecule has 5 heteroatoms. The maximum atomic E-state index is 11.8. The van der Waals surface area contributed by atoms with Crippen molar-refractivity contribution in [2.75, 3.05) is 10.6 Å². The number of carbonyl (C=O) groups excluding carboxylic acids is 2. The molecule has 0 aliphatic rings. The van der Waals surface area contributed by atoms with Gasteiger partial charge in [-0.1, -0.05) is 23.8 Å². The molecule has 21 heavy (non-hydrogen) atoms. The van der Waals surface area contributed by atoms with Crippen LogP contribution in [0.4, 0.5) is 11.4 Å². The molecule has 0 saturated heterocycles. The van der Waals surface area contributed by atoms with Gasteiger partial charge in [0, 0.05) is 5.69 Å². The summed E-state index contributed by atoms with van der Waals surface area (Å²) >= 11 is 0. The van der Waals surface area contributed by atoms with E-state index < -0.39 is 11.8 Å². The minimum atomic E-state index is -0.838. The van der Waals surface area contributed by atoms with Gasteiger partial charge in [-0.25, -0.2) is 0 Å². The van der Waals surface area contributed by atoms with E-state index in [4.69, 9.17) is 0 Å². The van der Waals surface area contributed by atoms with Crippen LogP contribution in [0.25, 0.3) is 0 Å². The maximum absolute atomic E-state index is 11.8. The van der Waals surface area contributed by atoms with Crippen LogP contribution in [0.15, 0.2) is 42.5 Å². The summed E-state index contributed by atoms with van der Waals surface area (Å²) in [7, 11) is 0. The van der Waals surface area contributed by atoms with Gasteiger partial charge in [0.1, 0.15) is 5.75 Å². The molecule has 0 aliphatic heterocycles. The minimum Gasteiger partial charge on any atom is -0.506 e. The zero-order valence-electron chi connectivity index (χ0n) is 11.8. The van der Waals surface area contributed by atoms with E-state index >= 15 is 0 Å². The highest BCUT2D eigenvalue weighted by molar-refractivity contribution is 6.43. The first-order chi connectivity index (χ1) is 9.95. The van der Waals surface area contributed by atoms with Crippen LogP contribution in [0.5, 0.6) is 5.75 Å². The van der Waals surface area contributed by atoms with E-state index in [1.807, 2.05) is 26.0 Å². The van der Waals surface area contributed by atoms with Crippen LogP contribution in [0.3, 0.4) is 0 Å². The van der Waals surface area contributed by atoms with Crippen LogP contribution in [0, 0.1) is 13.8 Å². The van der Waals surface area contributed by atoms with Gasteiger partial charge in [0.25, 0.3) is 0 Å². The number of phenols is 1. The lowest BCUT2D eigenvalue weighted by molar-refractivity contribution is -0.133. The third kappa shape index (κ3) is 3.82. The number of amides is 2. The lowest BCUT2D eigenvalue weighted by Crippen LogP contribution is -2.29. The quantitative estimate of drug-likeness (QED) is 0.586. The highest BCUT2D eigenvalue weighted by atomic mass is 16.3. The molecule has 2 aromatic rings. The number of benzene rings is 2. The van der Waals surface area contributed by atoms with Gasteiger partial charge in [-0.3, -0.25) is 9.59 Å². The Bertz CT molecular complexity index is 678. The summed E-state index contributed by atoms with van der Waals surface area (Å²) in [5, 5.41) is 14.6. The summed E-state index contributed by atoms with van der Waals surface area (Å²) in [5.74, 6) is -1.71. The maximum Gasteiger partial charge on any atom is 0.314 e. The summed E-state index contributed by atoms with van der Waals surface area (Å²) in [6.07, 6.45) is 0. The van der Waals surface area contributed by atoms with E-state index in [2.05, 4.69) is 10.6 Å². The molecule has 5 nitrogen and oxygen atoms in total. The molecule has 3 N–H and O–H groups in total. The number of phenolic OH excluding ortho intramolecular Hbond substituents is 1. The monoisotopic (exact) mass is 284 g/mol. The Kier molecular flexibility index (Phi) is 4.23. The Morgan fingerprint density at radius 2 is 1.43 bits per heavy atom. The van der Waals surface area contributed by atoms with Gasteiger partial charge in [0.15, 0.2) is 0 Å². The van der Waals surface area contributed by atoms with E-state index in [1.165, 1.54) is 6.07 Å². The van der Waals surface area contributed by atoms with Crippen LogP contribution in [0.1, 0.15) is 11.1 Å². The first-order valence-corrected chi connectivity index (χ1v) is 6.44. The standard InChI is InChI=1S/C16H16N2O3/c1-10-3-6-12(7-4-10)17-15(20)16(21)18-13-8-5-11(2)9-14(13)19/h3-9,19H,1-2H3,(H,17,20)(H,18,21). The second-order valence-electron chi connectivity index (χ2n) is 4.79. The average molecular weight is 284 g/mol. The Balaban J connectivity index is 2.02. The number of hydrogen-bond acceptors (Lipinski definition) is 3. The van der Waals surface area contributed by atoms with Gasteiger partial charge in [0.2, 0.25) is 0 Å². The fourth-order valence-electron chi connectivity index (χ4n) is 1.75. The molecule has 2 aromatic carbocycles. The van der Waals surface area contributed by atoms with Crippen molar-refractivity contribution in [3.05, 3.63) is 53.6 Å². The number of rotatable bonds is 2. The summed E-state index contributed by atoms with van der Waals surface area (Å²) < 4.78 is 0. The number of anilines is 2. The lowest BCUT2D eigenvalue weighted by Gasteiger charge is -2.08. The largest absolute Gasteiger partial charge is 0.506 e. The zero-order chi connectivity index (χ0) is 15.4. The predicted molar refractivity (Wildman–Crippen MR) is 81.3 cm³/mol. The molecular formula is C16H16N2O3. The van der Waals surface area contributed by atoms with Gasteiger partial charge in [-0.2, -0.15) is 0 Å². The van der Waals surface area contributed by atoms with E-state index in [0.717, 1.165) is 11.1 Å². The fraction of sp³-hybridized carbons (Fsp3) is 0.125. The zero-order valence-corrected chi connectivity index (χ0v) is 11.8. The third-order valence-electron chi connectivity index (χ3n) is 2.92. The van der Waals surface area contributed by atoms with Crippen LogP contribution in [-0.4, -0.2) is 16.9 Å². The van der Waals surface area contributed by atoms with E-state index in [1.54, 1.807) is 24.3 Å². The molecule has 0 fully saturated rings. The Labute approximate surface area is 122 Å². The van der Waals surface area contributed by atoms with Crippen LogP contribution < -0.4 is 10.6 Å². The second kappa shape index (κ2) is 6.09. The van der Waals surface area contributed by atoms with Crippen molar-refractivity contribution in [1.82, 2.24) is 0 Å². The Morgan fingerprint density at radius 1 is 0.857 bits per heavy atom. The minimum absolute atomic E-state index is 0.0773. The van der Waals surface area contributed by atoms with Crippen molar-refractivity contribution >= 4 is 23.2 Å². The molecule has 0 spiro atoms. The van der Waals surface area contributed by atoms with Crippen molar-refractivity contribution in [3.63, 3.8) is 0 Å². The first-order valence-electron chi connectivity index (χ1n) is 6.44. The molecule has 2 amide bonds. The van der Waals surface area contributed by atoms with Gasteiger partial charge in [-0.15, -0.1) is 0 Å². The van der Waals surface area contributed by atoms with Crippen LogP contribution in [0.2, 0.25) is 0 Å². The molecule has 108 valence electrons. The third-order valence-corrected chi connectivity index (χ3v) is 2.92. The molecule has 0 atom stereocenters. The number of nitrogens with one attached hydrogen (secondary N) is 2. The predicted octanol–water partition coefficient (Wildman–Crippen LogP) is 2.59. The summed E-state index contributed by atoms with van der Waals surface area (Å²) in [4.78, 5) is 23.6. The molecule has 0 unspecified atom stereocenters. The summed E-state index contributed by atoms with van der Waals surface area (Å²) in [5.41, 5.74) is 2.65. The number of hydrogen-bond donors (Lipinski definition) is 3. The highest BCUT2D eigenvalue weighted by Gasteiger charge is 2.15. The summed E-state index contributed by atoms with van der Waals surface area (Å²) in [6, 6.07) is 11.9. The number of carbonyl (C=O) groups is 2. The van der Waals surface area contributed by atoms with Crippen LogP contribution >= 0.6 is 0 Å². The van der Waals surface area contributed by atoms with Crippen molar-refractivity contribution in [2.24, 2.45) is 0 Å². The molecule has 0 bridgehead atoms. The molecule has 0 saturated carbocycles. The van der Waals surface area contributed by atoms with Crippen molar-refractivity contribution in [2.45, 2.75) is 13.8 Å².